The Morgan fingerprint density at radius 3 is 2.45 bits per heavy atom. The van der Waals surface area contributed by atoms with Crippen LogP contribution in [0.25, 0.3) is 11.3 Å². The van der Waals surface area contributed by atoms with Crippen LogP contribution in [0.3, 0.4) is 0 Å². The number of benzene rings is 3. The lowest BCUT2D eigenvalue weighted by atomic mass is 9.90. The average molecular weight is 558 g/mol. The molecule has 1 amide bonds. The first-order chi connectivity index (χ1) is 19.2. The van der Waals surface area contributed by atoms with Crippen molar-refractivity contribution in [3.05, 3.63) is 131 Å². The minimum absolute atomic E-state index is 0.106. The summed E-state index contributed by atoms with van der Waals surface area (Å²) in [4.78, 5) is 24.6. The molecule has 0 unspecified atom stereocenters. The second kappa shape index (κ2) is 12.8. The van der Waals surface area contributed by atoms with Crippen LogP contribution in [-0.2, 0) is 11.2 Å². The van der Waals surface area contributed by atoms with Crippen molar-refractivity contribution >= 4 is 34.7 Å². The van der Waals surface area contributed by atoms with Crippen molar-refractivity contribution < 1.29 is 19.1 Å². The molecule has 4 rings (SSSR count). The number of carbonyl (C=O) groups is 2. The number of tetrazole rings is 1. The molecule has 1 aromatic heterocycles. The number of nitrogens with zero attached hydrogens (tertiary/aromatic N) is 4. The van der Waals surface area contributed by atoms with E-state index < -0.39 is 11.9 Å². The molecule has 0 aliphatic heterocycles. The molecule has 202 valence electrons. The van der Waals surface area contributed by atoms with Gasteiger partial charge in [0.1, 0.15) is 12.1 Å². The highest BCUT2D eigenvalue weighted by molar-refractivity contribution is 6.30. The second-order valence-electron chi connectivity index (χ2n) is 8.82. The third-order valence-electron chi connectivity index (χ3n) is 6.17. The zero-order chi connectivity index (χ0) is 28.6. The molecule has 0 bridgehead atoms. The first-order valence-corrected chi connectivity index (χ1v) is 12.6. The number of carboxylic acid groups (broad SMARTS) is 1. The van der Waals surface area contributed by atoms with Crippen LogP contribution in [0.2, 0.25) is 5.02 Å². The van der Waals surface area contributed by atoms with Gasteiger partial charge in [-0.25, -0.2) is 9.18 Å². The largest absolute Gasteiger partial charge is 0.478 e. The van der Waals surface area contributed by atoms with Gasteiger partial charge in [0.15, 0.2) is 0 Å². The number of carbonyl (C=O) groups excluding carboxylic acids is 1. The Morgan fingerprint density at radius 2 is 1.82 bits per heavy atom. The van der Waals surface area contributed by atoms with Gasteiger partial charge >= 0.3 is 5.97 Å². The molecule has 0 saturated heterocycles. The molecule has 10 heteroatoms. The molecule has 3 aromatic carbocycles. The van der Waals surface area contributed by atoms with Gasteiger partial charge < -0.3 is 10.4 Å². The lowest BCUT2D eigenvalue weighted by molar-refractivity contribution is -0.118. The van der Waals surface area contributed by atoms with E-state index in [9.17, 15) is 14.0 Å². The lowest BCUT2D eigenvalue weighted by Gasteiger charge is -2.18. The number of aromatic carboxylic acids is 1. The van der Waals surface area contributed by atoms with E-state index in [0.717, 1.165) is 16.7 Å². The number of amides is 1. The van der Waals surface area contributed by atoms with Gasteiger partial charge in [-0.05, 0) is 95.1 Å². The van der Waals surface area contributed by atoms with Crippen LogP contribution in [0.4, 0.5) is 10.1 Å². The van der Waals surface area contributed by atoms with Crippen LogP contribution in [0.5, 0.6) is 0 Å². The van der Waals surface area contributed by atoms with E-state index in [0.29, 0.717) is 22.0 Å². The lowest BCUT2D eigenvalue weighted by Crippen LogP contribution is -2.25. The highest BCUT2D eigenvalue weighted by atomic mass is 35.5. The topological polar surface area (TPSA) is 110 Å². The van der Waals surface area contributed by atoms with E-state index in [1.54, 1.807) is 36.4 Å². The molecule has 0 fully saturated rings. The first-order valence-electron chi connectivity index (χ1n) is 12.2. The smallest absolute Gasteiger partial charge is 0.335 e. The number of hydrogen-bond donors (Lipinski definition) is 2. The van der Waals surface area contributed by atoms with E-state index in [-0.39, 0.29) is 23.7 Å². The minimum Gasteiger partial charge on any atom is -0.478 e. The fraction of sp³-hybridized carbons (Fsp3) is 0.100. The summed E-state index contributed by atoms with van der Waals surface area (Å²) in [7, 11) is 0. The van der Waals surface area contributed by atoms with Gasteiger partial charge in [0.05, 0.1) is 17.2 Å². The molecule has 40 heavy (non-hydrogen) atoms. The average Bonchev–Trinajstić information content (AvgIpc) is 3.48. The number of rotatable bonds is 10. The number of nitrogens with one attached hydrogen (secondary N) is 1. The Labute approximate surface area is 235 Å². The predicted molar refractivity (Wildman–Crippen MR) is 152 cm³/mol. The molecule has 4 aromatic rings. The van der Waals surface area contributed by atoms with E-state index in [1.165, 1.54) is 47.4 Å². The Morgan fingerprint density at radius 1 is 1.10 bits per heavy atom. The summed E-state index contributed by atoms with van der Waals surface area (Å²) in [6, 6.07) is 17.1. The van der Waals surface area contributed by atoms with Gasteiger partial charge in [0.2, 0.25) is 5.91 Å². The highest BCUT2D eigenvalue weighted by Crippen LogP contribution is 2.28. The number of hydrogen-bond acceptors (Lipinski definition) is 5. The summed E-state index contributed by atoms with van der Waals surface area (Å²) in [5.74, 6) is -2.49. The third-order valence-corrected chi connectivity index (χ3v) is 6.41. The Bertz CT molecular complexity index is 1580. The molecule has 2 N–H and O–H groups in total. The number of aromatic nitrogens is 4. The Balaban J connectivity index is 1.61. The van der Waals surface area contributed by atoms with E-state index in [2.05, 4.69) is 27.4 Å². The van der Waals surface area contributed by atoms with Crippen LogP contribution < -0.4 is 5.32 Å². The highest BCUT2D eigenvalue weighted by Gasteiger charge is 2.22. The molecular weight excluding hydrogens is 533 g/mol. The quantitative estimate of drug-likeness (QED) is 0.226. The summed E-state index contributed by atoms with van der Waals surface area (Å²) in [5.41, 5.74) is 4.07. The molecule has 0 spiro atoms. The van der Waals surface area contributed by atoms with Crippen molar-refractivity contribution in [2.24, 2.45) is 5.92 Å². The van der Waals surface area contributed by atoms with E-state index in [1.807, 2.05) is 19.1 Å². The molecule has 0 saturated carbocycles. The molecule has 8 nitrogen and oxygen atoms in total. The number of allylic oxidation sites excluding steroid dienone is 4. The summed E-state index contributed by atoms with van der Waals surface area (Å²) < 4.78 is 15.0. The molecule has 0 aliphatic carbocycles. The monoisotopic (exact) mass is 557 g/mol. The number of carboxylic acids is 1. The molecule has 0 radical (unpaired) electrons. The van der Waals surface area contributed by atoms with Crippen molar-refractivity contribution in [2.45, 2.75) is 13.3 Å². The maximum absolute atomic E-state index is 13.5. The van der Waals surface area contributed by atoms with Gasteiger partial charge in [-0.2, -0.15) is 4.68 Å². The maximum atomic E-state index is 13.5. The van der Waals surface area contributed by atoms with Crippen molar-refractivity contribution in [3.8, 4) is 5.69 Å². The Hall–Kier alpha value is -4.89. The predicted octanol–water partition coefficient (Wildman–Crippen LogP) is 6.17. The first kappa shape index (κ1) is 28.1. The summed E-state index contributed by atoms with van der Waals surface area (Å²) in [6.07, 6.45) is 7.22. The van der Waals surface area contributed by atoms with Gasteiger partial charge in [-0.15, -0.1) is 5.10 Å². The van der Waals surface area contributed by atoms with Crippen molar-refractivity contribution in [2.75, 3.05) is 5.32 Å². The molecular formula is C30H25ClFN5O3. The van der Waals surface area contributed by atoms with Crippen LogP contribution in [0, 0.1) is 11.7 Å². The van der Waals surface area contributed by atoms with E-state index >= 15 is 0 Å². The minimum atomic E-state index is -1.06. The molecule has 0 aliphatic rings. The van der Waals surface area contributed by atoms with Crippen LogP contribution in [-0.4, -0.2) is 37.2 Å². The van der Waals surface area contributed by atoms with Gasteiger partial charge in [0, 0.05) is 16.3 Å². The summed E-state index contributed by atoms with van der Waals surface area (Å²) in [5, 5.41) is 23.9. The van der Waals surface area contributed by atoms with Crippen molar-refractivity contribution in [3.63, 3.8) is 0 Å². The van der Waals surface area contributed by atoms with Crippen LogP contribution in [0.15, 0.2) is 103 Å². The van der Waals surface area contributed by atoms with Gasteiger partial charge in [0.25, 0.3) is 0 Å². The fourth-order valence-electron chi connectivity index (χ4n) is 4.04. The fourth-order valence-corrected chi connectivity index (χ4v) is 4.21. The van der Waals surface area contributed by atoms with Crippen LogP contribution in [0.1, 0.15) is 28.4 Å². The molecule has 1 heterocycles. The van der Waals surface area contributed by atoms with E-state index in [4.69, 9.17) is 16.7 Å². The van der Waals surface area contributed by atoms with Gasteiger partial charge in [-0.1, -0.05) is 48.5 Å². The maximum Gasteiger partial charge on any atom is 0.335 e. The summed E-state index contributed by atoms with van der Waals surface area (Å²) >= 11 is 6.30. The van der Waals surface area contributed by atoms with Crippen LogP contribution >= 0.6 is 11.6 Å². The zero-order valence-corrected chi connectivity index (χ0v) is 22.2. The van der Waals surface area contributed by atoms with Crippen molar-refractivity contribution in [1.29, 1.82) is 0 Å². The summed E-state index contributed by atoms with van der Waals surface area (Å²) in [6.45, 7) is 6.04. The number of halogens is 2. The second-order valence-corrected chi connectivity index (χ2v) is 9.26. The molecule has 1 atom stereocenters. The normalized spacial score (nSPS) is 12.3. The standard InChI is InChI=1S/C30H25ClFN5O3/c1-3-21(27-17-23(31)10-15-28(27)37-18-33-35-36-37)7-4-19(2)26(16-20-5-11-24(32)12-6-20)29(38)34-25-13-8-22(9-14-25)30(39)40/h3-15,17-18,26H,2,16H2,1H3,(H,34,38)(H,39,40)/b7-4-,21-3+/t26-/m1/s1. The third kappa shape index (κ3) is 6.95. The SMILES string of the molecule is C=C(/C=C\C(=C/C)c1cc(Cl)ccc1-n1cnnn1)[C@@H](Cc1ccc(F)cc1)C(=O)Nc1ccc(C(=O)O)cc1. The van der Waals surface area contributed by atoms with Gasteiger partial charge in [-0.3, -0.25) is 4.79 Å². The van der Waals surface area contributed by atoms with Crippen molar-refractivity contribution in [1.82, 2.24) is 20.2 Å². The zero-order valence-electron chi connectivity index (χ0n) is 21.5. The number of anilines is 1. The Kier molecular flexibility index (Phi) is 8.98.